The molecule has 2 atom stereocenters. The molecule has 230 valence electrons. The number of hydrogen-bond donors (Lipinski definition) is 4. The minimum Gasteiger partial charge on any atom is -0.396 e. The Morgan fingerprint density at radius 3 is 2.90 bits per heavy atom. The zero-order valence-corrected chi connectivity index (χ0v) is 26.4. The molecule has 1 fully saturated rings. The molecular weight excluding hydrogens is 589 g/mol. The van der Waals surface area contributed by atoms with Crippen LogP contribution >= 0.6 is 15.9 Å². The van der Waals surface area contributed by atoms with Gasteiger partial charge in [-0.05, 0) is 56.4 Å². The van der Waals surface area contributed by atoms with E-state index in [0.29, 0.717) is 51.1 Å². The van der Waals surface area contributed by atoms with Crippen LogP contribution in [0.15, 0.2) is 58.3 Å². The highest BCUT2D eigenvalue weighted by atomic mass is 79.9. The lowest BCUT2D eigenvalue weighted by Crippen LogP contribution is -2.49. The summed E-state index contributed by atoms with van der Waals surface area (Å²) in [6.07, 6.45) is 13.7. The zero-order valence-electron chi connectivity index (χ0n) is 24.8. The second-order valence-corrected chi connectivity index (χ2v) is 11.6. The molecule has 0 radical (unpaired) electrons. The first kappa shape index (κ1) is 34.9. The molecule has 0 aromatic heterocycles. The summed E-state index contributed by atoms with van der Waals surface area (Å²) in [7, 11) is 1.90. The van der Waals surface area contributed by atoms with Crippen molar-refractivity contribution in [1.29, 1.82) is 0 Å². The summed E-state index contributed by atoms with van der Waals surface area (Å²) in [6, 6.07) is 0.168. The van der Waals surface area contributed by atoms with Gasteiger partial charge in [0, 0.05) is 80.4 Å². The van der Waals surface area contributed by atoms with Gasteiger partial charge in [-0.25, -0.2) is 4.39 Å². The fourth-order valence-electron chi connectivity index (χ4n) is 4.87. The summed E-state index contributed by atoms with van der Waals surface area (Å²) in [5.74, 6) is -0.00836. The van der Waals surface area contributed by atoms with Gasteiger partial charge in [-0.3, -0.25) is 9.59 Å². The van der Waals surface area contributed by atoms with Gasteiger partial charge in [0.2, 0.25) is 11.8 Å². The molecule has 2 unspecified atom stereocenters. The molecule has 0 saturated carbocycles. The van der Waals surface area contributed by atoms with Crippen molar-refractivity contribution in [2.75, 3.05) is 66.1 Å². The molecule has 4 N–H and O–H groups in total. The van der Waals surface area contributed by atoms with Crippen LogP contribution in [0.5, 0.6) is 0 Å². The highest BCUT2D eigenvalue weighted by Gasteiger charge is 2.26. The number of likely N-dealkylation sites (tertiary alicyclic amines) is 1. The van der Waals surface area contributed by atoms with E-state index in [9.17, 15) is 19.1 Å². The van der Waals surface area contributed by atoms with Gasteiger partial charge in [0.15, 0.2) is 0 Å². The van der Waals surface area contributed by atoms with E-state index in [-0.39, 0.29) is 36.8 Å². The standard InChI is InChI=1S/C31H49BrFN5O3/c1-4-14-37(16-12-24(2)18-33)30(40)10-9-28(32)8-7-25(23-39)21-36-29-6-5-15-38(22-29)31(41)27-11-13-35-20-26(17-27)19-34-3/h7-9,17,20,25,29,34-36,39H,2,4-6,10-16,18-19,21-23H2,1,3H3/b8-7-,28-9+. The maximum absolute atomic E-state index is 13.3. The Morgan fingerprint density at radius 2 is 2.20 bits per heavy atom. The van der Waals surface area contributed by atoms with Gasteiger partial charge < -0.3 is 30.9 Å². The molecule has 0 aliphatic carbocycles. The molecule has 0 aromatic carbocycles. The van der Waals surface area contributed by atoms with Crippen LogP contribution in [0.25, 0.3) is 0 Å². The quantitative estimate of drug-likeness (QED) is 0.144. The van der Waals surface area contributed by atoms with Crippen molar-refractivity contribution >= 4 is 27.7 Å². The maximum Gasteiger partial charge on any atom is 0.249 e. The number of aliphatic hydroxyl groups is 1. The minimum absolute atomic E-state index is 0.00853. The fourth-order valence-corrected chi connectivity index (χ4v) is 5.18. The Labute approximate surface area is 254 Å². The predicted octanol–water partition coefficient (Wildman–Crippen LogP) is 3.58. The van der Waals surface area contributed by atoms with Crippen molar-refractivity contribution in [2.45, 2.75) is 51.5 Å². The van der Waals surface area contributed by atoms with E-state index in [1.165, 1.54) is 0 Å². The van der Waals surface area contributed by atoms with Crippen molar-refractivity contribution in [1.82, 2.24) is 25.8 Å². The summed E-state index contributed by atoms with van der Waals surface area (Å²) < 4.78 is 13.5. The van der Waals surface area contributed by atoms with E-state index < -0.39 is 6.67 Å². The Bertz CT molecular complexity index is 981. The minimum atomic E-state index is -0.561. The fraction of sp³-hybridized carbons (Fsp3) is 0.613. The lowest BCUT2D eigenvalue weighted by Gasteiger charge is -2.34. The lowest BCUT2D eigenvalue weighted by atomic mass is 10.0. The van der Waals surface area contributed by atoms with Crippen LogP contribution in [0, 0.1) is 5.92 Å². The predicted molar refractivity (Wildman–Crippen MR) is 168 cm³/mol. The van der Waals surface area contributed by atoms with E-state index in [2.05, 4.69) is 38.5 Å². The van der Waals surface area contributed by atoms with E-state index in [1.54, 1.807) is 4.90 Å². The average Bonchev–Trinajstić information content (AvgIpc) is 3.23. The number of aliphatic hydroxyl groups excluding tert-OH is 1. The highest BCUT2D eigenvalue weighted by molar-refractivity contribution is 9.11. The van der Waals surface area contributed by atoms with E-state index in [4.69, 9.17) is 0 Å². The first-order chi connectivity index (χ1) is 19.8. The van der Waals surface area contributed by atoms with Crippen LogP contribution in [0.2, 0.25) is 0 Å². The lowest BCUT2D eigenvalue weighted by molar-refractivity contribution is -0.130. The number of nitrogens with zero attached hydrogens (tertiary/aromatic N) is 2. The van der Waals surface area contributed by atoms with Gasteiger partial charge in [0.1, 0.15) is 6.67 Å². The number of allylic oxidation sites excluding steroid dienone is 2. The van der Waals surface area contributed by atoms with Gasteiger partial charge in [-0.1, -0.05) is 47.7 Å². The first-order valence-corrected chi connectivity index (χ1v) is 15.6. The molecule has 41 heavy (non-hydrogen) atoms. The number of amides is 2. The Balaban J connectivity index is 1.86. The topological polar surface area (TPSA) is 96.9 Å². The van der Waals surface area contributed by atoms with Crippen molar-refractivity contribution in [2.24, 2.45) is 5.92 Å². The number of likely N-dealkylation sites (N-methyl/N-ethyl adjacent to an activating group) is 1. The summed E-state index contributed by atoms with van der Waals surface area (Å²) in [6.45, 7) is 9.67. The molecule has 2 rings (SSSR count). The molecule has 1 saturated heterocycles. The third-order valence-electron chi connectivity index (χ3n) is 7.22. The third kappa shape index (κ3) is 13.1. The molecule has 10 heteroatoms. The molecule has 0 bridgehead atoms. The van der Waals surface area contributed by atoms with Crippen molar-refractivity contribution < 1.29 is 19.1 Å². The van der Waals surface area contributed by atoms with Crippen molar-refractivity contribution in [3.8, 4) is 0 Å². The van der Waals surface area contributed by atoms with Gasteiger partial charge in [-0.2, -0.15) is 0 Å². The molecule has 2 aliphatic heterocycles. The van der Waals surface area contributed by atoms with Gasteiger partial charge in [0.05, 0.1) is 6.61 Å². The Hall–Kier alpha value is -2.27. The molecule has 0 aromatic rings. The second-order valence-electron chi connectivity index (χ2n) is 10.7. The number of nitrogens with one attached hydrogen (secondary N) is 3. The summed E-state index contributed by atoms with van der Waals surface area (Å²) in [5, 5.41) is 19.9. The first-order valence-electron chi connectivity index (χ1n) is 14.8. The number of carbonyl (C=O) groups excluding carboxylic acids is 2. The summed E-state index contributed by atoms with van der Waals surface area (Å²) >= 11 is 3.51. The van der Waals surface area contributed by atoms with Crippen LogP contribution in [-0.2, 0) is 9.59 Å². The zero-order chi connectivity index (χ0) is 30.0. The van der Waals surface area contributed by atoms with Crippen LogP contribution in [0.4, 0.5) is 4.39 Å². The second kappa shape index (κ2) is 19.8. The average molecular weight is 639 g/mol. The van der Waals surface area contributed by atoms with Crippen molar-refractivity contribution in [3.05, 3.63) is 58.3 Å². The molecule has 2 aliphatic rings. The molecule has 2 amide bonds. The number of hydrogen-bond acceptors (Lipinski definition) is 6. The largest absolute Gasteiger partial charge is 0.396 e. The molecule has 8 nitrogen and oxygen atoms in total. The molecular formula is C31H49BrFN5O3. The molecule has 2 heterocycles. The number of halogens is 2. The van der Waals surface area contributed by atoms with Crippen LogP contribution in [0.3, 0.4) is 0 Å². The number of carbonyl (C=O) groups is 2. The van der Waals surface area contributed by atoms with E-state index in [1.807, 2.05) is 49.4 Å². The van der Waals surface area contributed by atoms with Gasteiger partial charge in [0.25, 0.3) is 0 Å². The van der Waals surface area contributed by atoms with Crippen molar-refractivity contribution in [3.63, 3.8) is 0 Å². The van der Waals surface area contributed by atoms with Crippen LogP contribution < -0.4 is 16.0 Å². The SMILES string of the molecule is C=C(CF)CCN(CCC)C(=O)C/C=C(Br)\C=C/C(CO)CNC1CCCN(C(=O)C2=CC(CNC)=CNCC2)C1. The Morgan fingerprint density at radius 1 is 1.39 bits per heavy atom. The van der Waals surface area contributed by atoms with E-state index in [0.717, 1.165) is 48.0 Å². The normalized spacial score (nSPS) is 18.8. The van der Waals surface area contributed by atoms with Crippen LogP contribution in [-0.4, -0.2) is 98.9 Å². The number of piperidine rings is 1. The van der Waals surface area contributed by atoms with Crippen LogP contribution in [0.1, 0.15) is 45.4 Å². The van der Waals surface area contributed by atoms with Gasteiger partial charge in [-0.15, -0.1) is 0 Å². The maximum atomic E-state index is 13.3. The Kier molecular flexibility index (Phi) is 16.8. The summed E-state index contributed by atoms with van der Waals surface area (Å²) in [5.41, 5.74) is 2.41. The van der Waals surface area contributed by atoms with Gasteiger partial charge >= 0.3 is 0 Å². The third-order valence-corrected chi connectivity index (χ3v) is 7.81. The molecule has 0 spiro atoms. The monoisotopic (exact) mass is 637 g/mol. The number of rotatable bonds is 17. The summed E-state index contributed by atoms with van der Waals surface area (Å²) in [4.78, 5) is 29.7. The van der Waals surface area contributed by atoms with E-state index >= 15 is 0 Å². The highest BCUT2D eigenvalue weighted by Crippen LogP contribution is 2.18. The smallest absolute Gasteiger partial charge is 0.249 e. The number of alkyl halides is 1.